The molecule has 7 heteroatoms. The lowest BCUT2D eigenvalue weighted by atomic mass is 10.1. The second kappa shape index (κ2) is 4.63. The van der Waals surface area contributed by atoms with Crippen molar-refractivity contribution in [3.05, 3.63) is 18.0 Å². The summed E-state index contributed by atoms with van der Waals surface area (Å²) in [6.45, 7) is 5.13. The van der Waals surface area contributed by atoms with Crippen LogP contribution in [0.15, 0.2) is 12.4 Å². The first-order chi connectivity index (χ1) is 8.67. The molecule has 1 aromatic heterocycles. The van der Waals surface area contributed by atoms with E-state index < -0.39 is 17.9 Å². The van der Waals surface area contributed by atoms with Crippen LogP contribution in [0, 0.1) is 6.92 Å². The summed E-state index contributed by atoms with van der Waals surface area (Å²) in [7, 11) is 0. The molecule has 0 bridgehead atoms. The third-order valence-corrected chi connectivity index (χ3v) is 2.83. The van der Waals surface area contributed by atoms with Crippen molar-refractivity contribution < 1.29 is 17.9 Å². The van der Waals surface area contributed by atoms with E-state index in [1.165, 1.54) is 4.90 Å². The molecule has 106 valence electrons. The van der Waals surface area contributed by atoms with Crippen molar-refractivity contribution in [2.75, 3.05) is 18.0 Å². The van der Waals surface area contributed by atoms with Crippen molar-refractivity contribution in [2.24, 2.45) is 0 Å². The summed E-state index contributed by atoms with van der Waals surface area (Å²) in [5, 5.41) is 0. The Morgan fingerprint density at radius 1 is 1.32 bits per heavy atom. The Morgan fingerprint density at radius 3 is 2.42 bits per heavy atom. The summed E-state index contributed by atoms with van der Waals surface area (Å²) in [4.78, 5) is 9.67. The smallest absolute Gasteiger partial charge is 0.359 e. The molecule has 0 spiro atoms. The Bertz CT molecular complexity index is 445. The van der Waals surface area contributed by atoms with Crippen LogP contribution in [0.3, 0.4) is 0 Å². The summed E-state index contributed by atoms with van der Waals surface area (Å²) in [6.07, 6.45) is -3.03. The van der Waals surface area contributed by atoms with E-state index in [2.05, 4.69) is 9.97 Å². The van der Waals surface area contributed by atoms with Crippen LogP contribution in [-0.4, -0.2) is 40.9 Å². The second-order valence-corrected chi connectivity index (χ2v) is 5.35. The normalized spacial score (nSPS) is 23.5. The first-order valence-electron chi connectivity index (χ1n) is 5.95. The van der Waals surface area contributed by atoms with Crippen molar-refractivity contribution in [1.82, 2.24) is 9.97 Å². The molecule has 19 heavy (non-hydrogen) atoms. The maximum atomic E-state index is 12.8. The number of nitrogens with zero attached hydrogens (tertiary/aromatic N) is 3. The Hall–Kier alpha value is -1.37. The molecule has 1 atom stereocenters. The third-order valence-electron chi connectivity index (χ3n) is 2.83. The van der Waals surface area contributed by atoms with Gasteiger partial charge in [0.2, 0.25) is 5.95 Å². The van der Waals surface area contributed by atoms with Gasteiger partial charge in [0.05, 0.1) is 12.1 Å². The first-order valence-corrected chi connectivity index (χ1v) is 5.95. The highest BCUT2D eigenvalue weighted by Crippen LogP contribution is 2.32. The highest BCUT2D eigenvalue weighted by molar-refractivity contribution is 5.32. The molecular weight excluding hydrogens is 259 g/mol. The van der Waals surface area contributed by atoms with Gasteiger partial charge in [-0.1, -0.05) is 0 Å². The number of hydrogen-bond acceptors (Lipinski definition) is 4. The SMILES string of the molecule is Cc1cnc(N2CC(C(F)(F)F)OC(C)(C)C2)nc1. The van der Waals surface area contributed by atoms with Gasteiger partial charge in [-0.05, 0) is 26.3 Å². The van der Waals surface area contributed by atoms with Gasteiger partial charge >= 0.3 is 6.18 Å². The number of alkyl halides is 3. The first kappa shape index (κ1) is 14.0. The summed E-state index contributed by atoms with van der Waals surface area (Å²) in [5.41, 5.74) is -0.0317. The maximum Gasteiger partial charge on any atom is 0.416 e. The minimum atomic E-state index is -4.39. The zero-order valence-electron chi connectivity index (χ0n) is 11.0. The molecule has 1 fully saturated rings. The molecule has 0 N–H and O–H groups in total. The van der Waals surface area contributed by atoms with Gasteiger partial charge in [0, 0.05) is 18.9 Å². The second-order valence-electron chi connectivity index (χ2n) is 5.35. The molecule has 0 aromatic carbocycles. The summed E-state index contributed by atoms with van der Waals surface area (Å²) >= 11 is 0. The van der Waals surface area contributed by atoms with Crippen molar-refractivity contribution in [3.63, 3.8) is 0 Å². The molecule has 1 saturated heterocycles. The molecule has 0 amide bonds. The molecule has 1 aromatic rings. The van der Waals surface area contributed by atoms with Crippen LogP contribution >= 0.6 is 0 Å². The average molecular weight is 275 g/mol. The van der Waals surface area contributed by atoms with E-state index in [0.717, 1.165) is 5.56 Å². The summed E-state index contributed by atoms with van der Waals surface area (Å²) in [6, 6.07) is 0. The fourth-order valence-electron chi connectivity index (χ4n) is 2.06. The molecule has 1 unspecified atom stereocenters. The average Bonchev–Trinajstić information content (AvgIpc) is 2.26. The van der Waals surface area contributed by atoms with Gasteiger partial charge in [-0.3, -0.25) is 0 Å². The number of rotatable bonds is 1. The molecule has 0 aliphatic carbocycles. The Labute approximate surface area is 109 Å². The largest absolute Gasteiger partial charge is 0.416 e. The number of aryl methyl sites for hydroxylation is 1. The lowest BCUT2D eigenvalue weighted by molar-refractivity contribution is -0.251. The van der Waals surface area contributed by atoms with Gasteiger partial charge < -0.3 is 9.64 Å². The van der Waals surface area contributed by atoms with Crippen LogP contribution in [0.2, 0.25) is 0 Å². The lowest BCUT2D eigenvalue weighted by Crippen LogP contribution is -2.57. The van der Waals surface area contributed by atoms with Gasteiger partial charge in [-0.15, -0.1) is 0 Å². The van der Waals surface area contributed by atoms with E-state index >= 15 is 0 Å². The van der Waals surface area contributed by atoms with Crippen LogP contribution in [0.1, 0.15) is 19.4 Å². The van der Waals surface area contributed by atoms with Gasteiger partial charge in [0.1, 0.15) is 0 Å². The summed E-state index contributed by atoms with van der Waals surface area (Å²) < 4.78 is 43.6. The zero-order valence-corrected chi connectivity index (χ0v) is 11.0. The highest BCUT2D eigenvalue weighted by atomic mass is 19.4. The number of hydrogen-bond donors (Lipinski definition) is 0. The molecule has 2 rings (SSSR count). The van der Waals surface area contributed by atoms with Gasteiger partial charge in [0.25, 0.3) is 0 Å². The van der Waals surface area contributed by atoms with E-state index in [1.54, 1.807) is 26.2 Å². The fourth-order valence-corrected chi connectivity index (χ4v) is 2.06. The fraction of sp³-hybridized carbons (Fsp3) is 0.667. The minimum Gasteiger partial charge on any atom is -0.359 e. The Balaban J connectivity index is 2.23. The van der Waals surface area contributed by atoms with Crippen molar-refractivity contribution in [2.45, 2.75) is 38.7 Å². The van der Waals surface area contributed by atoms with E-state index in [-0.39, 0.29) is 6.54 Å². The monoisotopic (exact) mass is 275 g/mol. The minimum absolute atomic E-state index is 0.282. The molecular formula is C12H16F3N3O. The number of morpholine rings is 1. The molecule has 0 saturated carbocycles. The van der Waals surface area contributed by atoms with Gasteiger partial charge in [-0.25, -0.2) is 9.97 Å². The van der Waals surface area contributed by atoms with E-state index in [1.807, 2.05) is 6.92 Å². The van der Waals surface area contributed by atoms with Crippen LogP contribution in [0.5, 0.6) is 0 Å². The van der Waals surface area contributed by atoms with Crippen molar-refractivity contribution in [3.8, 4) is 0 Å². The third kappa shape index (κ3) is 3.34. The van der Waals surface area contributed by atoms with Crippen LogP contribution in [0.25, 0.3) is 0 Å². The Morgan fingerprint density at radius 2 is 1.89 bits per heavy atom. The molecule has 2 heterocycles. The van der Waals surface area contributed by atoms with E-state index in [9.17, 15) is 13.2 Å². The van der Waals surface area contributed by atoms with Crippen LogP contribution in [-0.2, 0) is 4.74 Å². The number of aromatic nitrogens is 2. The Kier molecular flexibility index (Phi) is 3.42. The van der Waals surface area contributed by atoms with Crippen molar-refractivity contribution >= 4 is 5.95 Å². The number of halogens is 3. The van der Waals surface area contributed by atoms with Gasteiger partial charge in [-0.2, -0.15) is 13.2 Å². The topological polar surface area (TPSA) is 38.2 Å². The van der Waals surface area contributed by atoms with Crippen LogP contribution < -0.4 is 4.90 Å². The quantitative estimate of drug-likeness (QED) is 0.788. The molecule has 4 nitrogen and oxygen atoms in total. The maximum absolute atomic E-state index is 12.8. The lowest BCUT2D eigenvalue weighted by Gasteiger charge is -2.43. The van der Waals surface area contributed by atoms with E-state index in [0.29, 0.717) is 12.5 Å². The molecule has 0 radical (unpaired) electrons. The van der Waals surface area contributed by atoms with Crippen LogP contribution in [0.4, 0.5) is 19.1 Å². The molecule has 1 aliphatic heterocycles. The zero-order chi connectivity index (χ0) is 14.3. The van der Waals surface area contributed by atoms with Crippen molar-refractivity contribution in [1.29, 1.82) is 0 Å². The molecule has 1 aliphatic rings. The standard InChI is InChI=1S/C12H16F3N3O/c1-8-4-16-10(17-5-8)18-6-9(12(13,14)15)19-11(2,3)7-18/h4-5,9H,6-7H2,1-3H3. The summed E-state index contributed by atoms with van der Waals surface area (Å²) in [5.74, 6) is 0.302. The predicted octanol–water partition coefficient (Wildman–Crippen LogP) is 2.33. The number of ether oxygens (including phenoxy) is 1. The van der Waals surface area contributed by atoms with Gasteiger partial charge in [0.15, 0.2) is 6.10 Å². The predicted molar refractivity (Wildman–Crippen MR) is 64.0 cm³/mol. The number of anilines is 1. The van der Waals surface area contributed by atoms with E-state index in [4.69, 9.17) is 4.74 Å². The highest BCUT2D eigenvalue weighted by Gasteiger charge is 2.48.